The fraction of sp³-hybridized carbons (Fsp3) is 0.364. The Morgan fingerprint density at radius 3 is 2.94 bits per heavy atom. The van der Waals surface area contributed by atoms with Crippen molar-refractivity contribution in [1.29, 1.82) is 0 Å². The number of anilines is 1. The van der Waals surface area contributed by atoms with Crippen LogP contribution in [0.15, 0.2) is 18.2 Å². The number of H-pyrrole nitrogens is 1. The van der Waals surface area contributed by atoms with E-state index in [1.807, 2.05) is 25.1 Å². The van der Waals surface area contributed by atoms with Gasteiger partial charge in [-0.15, -0.1) is 10.2 Å². The van der Waals surface area contributed by atoms with Crippen LogP contribution in [0.2, 0.25) is 0 Å². The minimum absolute atomic E-state index is 0.267. The molecule has 0 fully saturated rings. The summed E-state index contributed by atoms with van der Waals surface area (Å²) < 4.78 is 0. The van der Waals surface area contributed by atoms with Crippen molar-refractivity contribution in [2.24, 2.45) is 0 Å². The van der Waals surface area contributed by atoms with Crippen molar-refractivity contribution >= 4 is 5.69 Å². The number of aromatic nitrogens is 4. The molecule has 1 atom stereocenters. The van der Waals surface area contributed by atoms with Crippen LogP contribution in [0.3, 0.4) is 0 Å². The van der Waals surface area contributed by atoms with Gasteiger partial charge in [0.05, 0.1) is 12.7 Å². The summed E-state index contributed by atoms with van der Waals surface area (Å²) in [5.41, 5.74) is 2.73. The number of aryl methyl sites for hydroxylation is 1. The zero-order valence-electron chi connectivity index (χ0n) is 9.96. The van der Waals surface area contributed by atoms with Crippen molar-refractivity contribution < 1.29 is 10.2 Å². The summed E-state index contributed by atoms with van der Waals surface area (Å²) >= 11 is 0. The normalized spacial score (nSPS) is 12.4. The minimum Gasteiger partial charge on any atom is -0.394 e. The van der Waals surface area contributed by atoms with Crippen LogP contribution < -0.4 is 5.32 Å². The summed E-state index contributed by atoms with van der Waals surface area (Å²) in [7, 11) is 0. The van der Waals surface area contributed by atoms with Gasteiger partial charge in [0.25, 0.3) is 0 Å². The number of rotatable bonds is 5. The lowest BCUT2D eigenvalue weighted by Crippen LogP contribution is -2.23. The second-order valence-corrected chi connectivity index (χ2v) is 3.98. The second-order valence-electron chi connectivity index (χ2n) is 3.98. The molecule has 1 unspecified atom stereocenters. The van der Waals surface area contributed by atoms with E-state index in [9.17, 15) is 5.11 Å². The molecule has 4 N–H and O–H groups in total. The van der Waals surface area contributed by atoms with Gasteiger partial charge in [0.1, 0.15) is 0 Å². The Labute approximate surface area is 104 Å². The van der Waals surface area contributed by atoms with Crippen molar-refractivity contribution in [2.75, 3.05) is 18.5 Å². The zero-order valence-corrected chi connectivity index (χ0v) is 9.96. The first kappa shape index (κ1) is 12.5. The third-order valence-corrected chi connectivity index (χ3v) is 2.58. The highest BCUT2D eigenvalue weighted by atomic mass is 16.3. The maximum Gasteiger partial charge on any atom is 0.204 e. The van der Waals surface area contributed by atoms with Crippen LogP contribution in [-0.2, 0) is 0 Å². The van der Waals surface area contributed by atoms with E-state index in [1.165, 1.54) is 0 Å². The van der Waals surface area contributed by atoms with Crippen LogP contribution in [0, 0.1) is 6.92 Å². The number of aliphatic hydroxyl groups excluding tert-OH is 2. The molecule has 1 heterocycles. The van der Waals surface area contributed by atoms with Gasteiger partial charge in [0.2, 0.25) is 5.82 Å². The summed E-state index contributed by atoms with van der Waals surface area (Å²) in [4.78, 5) is 0. The molecule has 7 heteroatoms. The van der Waals surface area contributed by atoms with Gasteiger partial charge in [-0.05, 0) is 23.8 Å². The van der Waals surface area contributed by atoms with Crippen LogP contribution in [0.4, 0.5) is 5.69 Å². The molecule has 0 radical (unpaired) electrons. The molecule has 0 aliphatic rings. The van der Waals surface area contributed by atoms with Gasteiger partial charge < -0.3 is 15.5 Å². The Morgan fingerprint density at radius 1 is 1.44 bits per heavy atom. The summed E-state index contributed by atoms with van der Waals surface area (Å²) in [6.45, 7) is 1.97. The number of nitrogens with one attached hydrogen (secondary N) is 2. The summed E-state index contributed by atoms with van der Waals surface area (Å²) in [5.74, 6) is 0.515. The number of tetrazole rings is 1. The first-order chi connectivity index (χ1) is 8.70. The lowest BCUT2D eigenvalue weighted by atomic mass is 10.1. The molecule has 2 rings (SSSR count). The summed E-state index contributed by atoms with van der Waals surface area (Å²) in [5, 5.41) is 34.9. The van der Waals surface area contributed by atoms with E-state index in [0.717, 1.165) is 16.8 Å². The van der Waals surface area contributed by atoms with Gasteiger partial charge in [-0.3, -0.25) is 0 Å². The van der Waals surface area contributed by atoms with Gasteiger partial charge in [-0.1, -0.05) is 12.1 Å². The monoisotopic (exact) mass is 249 g/mol. The molecule has 0 amide bonds. The van der Waals surface area contributed by atoms with Crippen LogP contribution in [0.25, 0.3) is 11.4 Å². The highest BCUT2D eigenvalue weighted by Gasteiger charge is 2.07. The second kappa shape index (κ2) is 5.56. The van der Waals surface area contributed by atoms with Gasteiger partial charge in [-0.25, -0.2) is 0 Å². The molecule has 0 bridgehead atoms. The highest BCUT2D eigenvalue weighted by molar-refractivity contribution is 5.64. The molecular weight excluding hydrogens is 234 g/mol. The lowest BCUT2D eigenvalue weighted by Gasteiger charge is -2.13. The molecule has 0 spiro atoms. The Hall–Kier alpha value is -1.99. The molecule has 18 heavy (non-hydrogen) atoms. The fourth-order valence-corrected chi connectivity index (χ4v) is 1.53. The van der Waals surface area contributed by atoms with E-state index in [0.29, 0.717) is 5.82 Å². The average molecular weight is 249 g/mol. The molecule has 0 saturated heterocycles. The maximum absolute atomic E-state index is 9.31. The predicted octanol–water partition coefficient (Wildman–Crippen LogP) is -0.0598. The third-order valence-electron chi connectivity index (χ3n) is 2.58. The quantitative estimate of drug-likeness (QED) is 0.591. The fourth-order valence-electron chi connectivity index (χ4n) is 1.53. The highest BCUT2D eigenvalue weighted by Crippen LogP contribution is 2.22. The Bertz CT molecular complexity index is 500. The molecule has 0 aliphatic carbocycles. The zero-order chi connectivity index (χ0) is 13.0. The van der Waals surface area contributed by atoms with Crippen molar-refractivity contribution in [1.82, 2.24) is 20.6 Å². The van der Waals surface area contributed by atoms with Crippen molar-refractivity contribution in [3.8, 4) is 11.4 Å². The van der Waals surface area contributed by atoms with Crippen LogP contribution >= 0.6 is 0 Å². The standard InChI is InChI=1S/C11H15N5O2/c1-7-2-3-8(11-13-15-16-14-11)4-10(7)12-5-9(18)6-17/h2-4,9,12,17-18H,5-6H2,1H3,(H,13,14,15,16). The van der Waals surface area contributed by atoms with E-state index in [4.69, 9.17) is 5.11 Å². The summed E-state index contributed by atoms with van der Waals surface area (Å²) in [6, 6.07) is 5.71. The Morgan fingerprint density at radius 2 is 2.28 bits per heavy atom. The van der Waals surface area contributed by atoms with E-state index in [2.05, 4.69) is 25.9 Å². The van der Waals surface area contributed by atoms with Gasteiger partial charge >= 0.3 is 0 Å². The van der Waals surface area contributed by atoms with E-state index < -0.39 is 6.10 Å². The molecule has 7 nitrogen and oxygen atoms in total. The SMILES string of the molecule is Cc1ccc(-c2nn[nH]n2)cc1NCC(O)CO. The van der Waals surface area contributed by atoms with Gasteiger partial charge in [-0.2, -0.15) is 5.21 Å². The molecule has 2 aromatic rings. The largest absolute Gasteiger partial charge is 0.394 e. The molecule has 0 saturated carbocycles. The Kier molecular flexibility index (Phi) is 3.85. The van der Waals surface area contributed by atoms with Crippen molar-refractivity contribution in [3.05, 3.63) is 23.8 Å². The smallest absolute Gasteiger partial charge is 0.204 e. The Balaban J connectivity index is 2.17. The topological polar surface area (TPSA) is 107 Å². The molecule has 1 aromatic carbocycles. The van der Waals surface area contributed by atoms with Crippen LogP contribution in [-0.4, -0.2) is 50.1 Å². The van der Waals surface area contributed by atoms with Crippen LogP contribution in [0.1, 0.15) is 5.56 Å². The lowest BCUT2D eigenvalue weighted by molar-refractivity contribution is 0.105. The number of nitrogens with zero attached hydrogens (tertiary/aromatic N) is 3. The maximum atomic E-state index is 9.31. The first-order valence-electron chi connectivity index (χ1n) is 5.58. The van der Waals surface area contributed by atoms with Gasteiger partial charge in [0, 0.05) is 17.8 Å². The van der Waals surface area contributed by atoms with E-state index in [-0.39, 0.29) is 13.2 Å². The van der Waals surface area contributed by atoms with Crippen molar-refractivity contribution in [3.63, 3.8) is 0 Å². The predicted molar refractivity (Wildman–Crippen MR) is 65.9 cm³/mol. The number of hydrogen-bond acceptors (Lipinski definition) is 6. The summed E-state index contributed by atoms with van der Waals surface area (Å²) in [6.07, 6.45) is -0.779. The molecule has 0 aliphatic heterocycles. The van der Waals surface area contributed by atoms with E-state index in [1.54, 1.807) is 0 Å². The molecule has 96 valence electrons. The number of hydrogen-bond donors (Lipinski definition) is 4. The first-order valence-corrected chi connectivity index (χ1v) is 5.58. The van der Waals surface area contributed by atoms with Gasteiger partial charge in [0.15, 0.2) is 0 Å². The van der Waals surface area contributed by atoms with E-state index >= 15 is 0 Å². The number of aromatic amines is 1. The molecule has 1 aromatic heterocycles. The third kappa shape index (κ3) is 2.82. The number of benzene rings is 1. The van der Waals surface area contributed by atoms with Crippen molar-refractivity contribution in [2.45, 2.75) is 13.0 Å². The number of aliphatic hydroxyl groups is 2. The molecular formula is C11H15N5O2. The van der Waals surface area contributed by atoms with Crippen LogP contribution in [0.5, 0.6) is 0 Å². The average Bonchev–Trinajstić information content (AvgIpc) is 2.91. The minimum atomic E-state index is -0.779.